The van der Waals surface area contributed by atoms with Crippen LogP contribution in [-0.4, -0.2) is 12.4 Å². The van der Waals surface area contributed by atoms with Gasteiger partial charge in [0, 0.05) is 4.47 Å². The van der Waals surface area contributed by atoms with Crippen LogP contribution in [0.3, 0.4) is 0 Å². The molecule has 13 heavy (non-hydrogen) atoms. The normalized spacial score (nSPS) is 9.92. The molecule has 0 atom stereocenters. The molecule has 0 aromatic heterocycles. The quantitative estimate of drug-likeness (QED) is 0.626. The predicted octanol–water partition coefficient (Wildman–Crippen LogP) is 1.90. The summed E-state index contributed by atoms with van der Waals surface area (Å²) in [6, 6.07) is 7.83. The number of halogens is 1. The lowest BCUT2D eigenvalue weighted by Gasteiger charge is -2.02. The number of hydrogen-bond donors (Lipinski definition) is 2. The predicted molar refractivity (Wildman–Crippen MR) is 55.7 cm³/mol. The van der Waals surface area contributed by atoms with Crippen molar-refractivity contribution in [2.75, 3.05) is 6.61 Å². The first-order chi connectivity index (χ1) is 6.18. The van der Waals surface area contributed by atoms with Crippen molar-refractivity contribution in [3.05, 3.63) is 34.3 Å². The molecule has 3 nitrogen and oxygen atoms in total. The van der Waals surface area contributed by atoms with Gasteiger partial charge >= 0.3 is 0 Å². The van der Waals surface area contributed by atoms with E-state index in [2.05, 4.69) is 15.9 Å². The monoisotopic (exact) mass is 242 g/mol. The second-order valence-electron chi connectivity index (χ2n) is 2.64. The van der Waals surface area contributed by atoms with Crippen LogP contribution in [0.2, 0.25) is 0 Å². The average molecular weight is 243 g/mol. The highest BCUT2D eigenvalue weighted by atomic mass is 79.9. The summed E-state index contributed by atoms with van der Waals surface area (Å²) in [6.45, 7) is 0.683. The molecule has 0 amide bonds. The van der Waals surface area contributed by atoms with E-state index in [1.807, 2.05) is 24.3 Å². The molecule has 0 bridgehead atoms. The Bertz CT molecular complexity index is 284. The Balaban J connectivity index is 2.37. The fraction of sp³-hybridized carbons (Fsp3) is 0.222. The molecule has 70 valence electrons. The zero-order valence-electron chi connectivity index (χ0n) is 7.09. The van der Waals surface area contributed by atoms with Gasteiger partial charge in [0.05, 0.1) is 6.61 Å². The molecule has 1 rings (SSSR count). The van der Waals surface area contributed by atoms with Crippen molar-refractivity contribution >= 4 is 21.8 Å². The molecule has 0 aliphatic carbocycles. The van der Waals surface area contributed by atoms with Crippen molar-refractivity contribution in [3.8, 4) is 0 Å². The summed E-state index contributed by atoms with van der Waals surface area (Å²) in [5.41, 5.74) is 6.21. The minimum Gasteiger partial charge on any atom is -0.386 e. The largest absolute Gasteiger partial charge is 0.386 e. The third kappa shape index (κ3) is 4.05. The van der Waals surface area contributed by atoms with Crippen LogP contribution in [0.15, 0.2) is 28.7 Å². The standard InChI is InChI=1S/C9H11BrN2O/c10-8-3-1-7(2-4-8)5-13-6-9(11)12/h1-4H,5-6H2,(H3,11,12). The van der Waals surface area contributed by atoms with Gasteiger partial charge in [-0.3, -0.25) is 5.41 Å². The molecule has 0 saturated carbocycles. The molecule has 0 saturated heterocycles. The number of amidine groups is 1. The van der Waals surface area contributed by atoms with E-state index >= 15 is 0 Å². The van der Waals surface area contributed by atoms with Crippen molar-refractivity contribution in [1.82, 2.24) is 0 Å². The fourth-order valence-electron chi connectivity index (χ4n) is 0.859. The van der Waals surface area contributed by atoms with Crippen LogP contribution in [0, 0.1) is 5.41 Å². The summed E-state index contributed by atoms with van der Waals surface area (Å²) in [5, 5.41) is 6.94. The maximum Gasteiger partial charge on any atom is 0.117 e. The van der Waals surface area contributed by atoms with E-state index in [0.29, 0.717) is 6.61 Å². The number of nitrogens with one attached hydrogen (secondary N) is 1. The lowest BCUT2D eigenvalue weighted by atomic mass is 10.2. The van der Waals surface area contributed by atoms with Crippen molar-refractivity contribution < 1.29 is 4.74 Å². The number of benzene rings is 1. The highest BCUT2D eigenvalue weighted by Crippen LogP contribution is 2.10. The van der Waals surface area contributed by atoms with Crippen LogP contribution in [0.4, 0.5) is 0 Å². The van der Waals surface area contributed by atoms with Gasteiger partial charge in [0.15, 0.2) is 0 Å². The summed E-state index contributed by atoms with van der Waals surface area (Å²) in [4.78, 5) is 0. The zero-order chi connectivity index (χ0) is 9.68. The Labute approximate surface area is 85.5 Å². The van der Waals surface area contributed by atoms with Gasteiger partial charge in [0.25, 0.3) is 0 Å². The van der Waals surface area contributed by atoms with Gasteiger partial charge in [-0.25, -0.2) is 0 Å². The Morgan fingerprint density at radius 3 is 2.54 bits per heavy atom. The number of ether oxygens (including phenoxy) is 1. The zero-order valence-corrected chi connectivity index (χ0v) is 8.67. The van der Waals surface area contributed by atoms with E-state index in [1.54, 1.807) is 0 Å². The number of rotatable bonds is 4. The van der Waals surface area contributed by atoms with Crippen LogP contribution < -0.4 is 5.73 Å². The first kappa shape index (κ1) is 10.2. The van der Waals surface area contributed by atoms with Gasteiger partial charge in [0.1, 0.15) is 12.4 Å². The Hall–Kier alpha value is -0.870. The third-order valence-electron chi connectivity index (χ3n) is 1.44. The average Bonchev–Trinajstić information content (AvgIpc) is 2.08. The Morgan fingerprint density at radius 1 is 1.38 bits per heavy atom. The first-order valence-corrected chi connectivity index (χ1v) is 4.63. The lowest BCUT2D eigenvalue weighted by molar-refractivity contribution is 0.157. The van der Waals surface area contributed by atoms with E-state index in [1.165, 1.54) is 0 Å². The minimum absolute atomic E-state index is 0.0529. The Morgan fingerprint density at radius 2 is 2.00 bits per heavy atom. The van der Waals surface area contributed by atoms with E-state index < -0.39 is 0 Å². The second-order valence-corrected chi connectivity index (χ2v) is 3.56. The third-order valence-corrected chi connectivity index (χ3v) is 1.97. The van der Waals surface area contributed by atoms with Crippen LogP contribution in [0.25, 0.3) is 0 Å². The van der Waals surface area contributed by atoms with Crippen molar-refractivity contribution in [2.24, 2.45) is 5.73 Å². The summed E-state index contributed by atoms with van der Waals surface area (Å²) >= 11 is 3.34. The van der Waals surface area contributed by atoms with E-state index in [4.69, 9.17) is 15.9 Å². The summed E-state index contributed by atoms with van der Waals surface area (Å²) < 4.78 is 6.20. The van der Waals surface area contributed by atoms with Crippen molar-refractivity contribution in [1.29, 1.82) is 5.41 Å². The van der Waals surface area contributed by atoms with Crippen LogP contribution in [0.5, 0.6) is 0 Å². The summed E-state index contributed by atoms with van der Waals surface area (Å²) in [5.74, 6) is 0.0529. The number of nitrogens with two attached hydrogens (primary N) is 1. The fourth-order valence-corrected chi connectivity index (χ4v) is 1.12. The van der Waals surface area contributed by atoms with E-state index in [-0.39, 0.29) is 12.4 Å². The molecule has 0 aliphatic heterocycles. The van der Waals surface area contributed by atoms with Gasteiger partial charge in [-0.1, -0.05) is 28.1 Å². The van der Waals surface area contributed by atoms with Crippen LogP contribution in [-0.2, 0) is 11.3 Å². The van der Waals surface area contributed by atoms with Gasteiger partial charge < -0.3 is 10.5 Å². The SMILES string of the molecule is N=C(N)COCc1ccc(Br)cc1. The molecule has 0 spiro atoms. The molecule has 3 N–H and O–H groups in total. The number of hydrogen-bond acceptors (Lipinski definition) is 2. The molecule has 0 fully saturated rings. The van der Waals surface area contributed by atoms with Crippen LogP contribution in [0.1, 0.15) is 5.56 Å². The molecule has 0 radical (unpaired) electrons. The van der Waals surface area contributed by atoms with Gasteiger partial charge in [-0.05, 0) is 17.7 Å². The van der Waals surface area contributed by atoms with Crippen LogP contribution >= 0.6 is 15.9 Å². The summed E-state index contributed by atoms with van der Waals surface area (Å²) in [6.07, 6.45) is 0. The molecular formula is C9H11BrN2O. The molecule has 0 heterocycles. The molecule has 1 aromatic rings. The maximum absolute atomic E-state index is 6.94. The summed E-state index contributed by atoms with van der Waals surface area (Å²) in [7, 11) is 0. The van der Waals surface area contributed by atoms with Crippen molar-refractivity contribution in [3.63, 3.8) is 0 Å². The van der Waals surface area contributed by atoms with Gasteiger partial charge in [0.2, 0.25) is 0 Å². The highest BCUT2D eigenvalue weighted by molar-refractivity contribution is 9.10. The first-order valence-electron chi connectivity index (χ1n) is 3.83. The van der Waals surface area contributed by atoms with Gasteiger partial charge in [-0.2, -0.15) is 0 Å². The van der Waals surface area contributed by atoms with E-state index in [0.717, 1.165) is 10.0 Å². The molecule has 0 aliphatic rings. The molecule has 4 heteroatoms. The minimum atomic E-state index is 0.0529. The lowest BCUT2D eigenvalue weighted by Crippen LogP contribution is -2.16. The molecule has 1 aromatic carbocycles. The Kier molecular flexibility index (Phi) is 3.92. The highest BCUT2D eigenvalue weighted by Gasteiger charge is 1.94. The second kappa shape index (κ2) is 4.99. The molecule has 0 unspecified atom stereocenters. The van der Waals surface area contributed by atoms with Gasteiger partial charge in [-0.15, -0.1) is 0 Å². The van der Waals surface area contributed by atoms with E-state index in [9.17, 15) is 0 Å². The maximum atomic E-state index is 6.94. The molecular weight excluding hydrogens is 232 g/mol. The van der Waals surface area contributed by atoms with Crippen molar-refractivity contribution in [2.45, 2.75) is 6.61 Å². The smallest absolute Gasteiger partial charge is 0.117 e. The topological polar surface area (TPSA) is 59.1 Å².